The third-order valence-corrected chi connectivity index (χ3v) is 5.20. The van der Waals surface area contributed by atoms with Crippen molar-refractivity contribution in [2.24, 2.45) is 0 Å². The number of halogens is 1. The van der Waals surface area contributed by atoms with Gasteiger partial charge in [-0.15, -0.1) is 0 Å². The van der Waals surface area contributed by atoms with Crippen LogP contribution in [0.3, 0.4) is 0 Å². The van der Waals surface area contributed by atoms with E-state index in [9.17, 15) is 0 Å². The number of morpholine rings is 1. The van der Waals surface area contributed by atoms with Gasteiger partial charge in [0.25, 0.3) is 0 Å². The molecule has 6 heteroatoms. The van der Waals surface area contributed by atoms with Crippen molar-refractivity contribution in [3.63, 3.8) is 0 Å². The molecule has 3 rings (SSSR count). The van der Waals surface area contributed by atoms with E-state index >= 15 is 0 Å². The van der Waals surface area contributed by atoms with Crippen LogP contribution in [0, 0.1) is 6.92 Å². The van der Waals surface area contributed by atoms with Crippen LogP contribution in [0.1, 0.15) is 11.1 Å². The van der Waals surface area contributed by atoms with Crippen molar-refractivity contribution < 1.29 is 9.64 Å². The minimum Gasteiger partial charge on any atom is -0.365 e. The number of nitrogens with one attached hydrogen (secondary N) is 3. The van der Waals surface area contributed by atoms with Gasteiger partial charge in [0.05, 0.1) is 6.61 Å². The molecule has 1 aliphatic rings. The first-order valence-electron chi connectivity index (χ1n) is 8.90. The fraction of sp³-hybridized carbons (Fsp3) is 0.350. The maximum absolute atomic E-state index is 6.15. The van der Waals surface area contributed by atoms with Crippen molar-refractivity contribution in [1.82, 2.24) is 5.32 Å². The van der Waals surface area contributed by atoms with E-state index in [0.29, 0.717) is 11.7 Å². The van der Waals surface area contributed by atoms with Crippen molar-refractivity contribution in [2.45, 2.75) is 19.6 Å². The molecule has 0 aromatic heterocycles. The van der Waals surface area contributed by atoms with Crippen LogP contribution in [0.25, 0.3) is 0 Å². The molecule has 2 atom stereocenters. The maximum Gasteiger partial charge on any atom is 0.170 e. The lowest BCUT2D eigenvalue weighted by atomic mass is 10.2. The van der Waals surface area contributed by atoms with E-state index in [-0.39, 0.29) is 6.10 Å². The first-order chi connectivity index (χ1) is 12.6. The first-order valence-corrected chi connectivity index (χ1v) is 9.69. The van der Waals surface area contributed by atoms with E-state index < -0.39 is 0 Å². The molecule has 0 saturated carbocycles. The topological polar surface area (TPSA) is 37.7 Å². The fourth-order valence-corrected chi connectivity index (χ4v) is 3.46. The van der Waals surface area contributed by atoms with Gasteiger partial charge in [-0.3, -0.25) is 0 Å². The normalized spacial score (nSPS) is 19.8. The van der Waals surface area contributed by atoms with Gasteiger partial charge in [-0.05, 0) is 36.8 Å². The molecular weight excluding hydrogens is 366 g/mol. The number of aryl methyl sites for hydroxylation is 1. The zero-order valence-electron chi connectivity index (χ0n) is 14.9. The van der Waals surface area contributed by atoms with Gasteiger partial charge < -0.3 is 20.3 Å². The number of ether oxygens (including phenoxy) is 1. The fourth-order valence-electron chi connectivity index (χ4n) is 3.08. The Hall–Kier alpha value is -1.66. The summed E-state index contributed by atoms with van der Waals surface area (Å²) in [5.41, 5.74) is 3.30. The zero-order valence-corrected chi connectivity index (χ0v) is 16.5. The molecule has 2 aromatic carbocycles. The Bertz CT molecular complexity index is 741. The number of quaternary nitrogens is 1. The van der Waals surface area contributed by atoms with Gasteiger partial charge in [-0.1, -0.05) is 48.0 Å². The number of hydrogen-bond acceptors (Lipinski definition) is 2. The minimum absolute atomic E-state index is 0.156. The first kappa shape index (κ1) is 19.1. The smallest absolute Gasteiger partial charge is 0.170 e. The average Bonchev–Trinajstić information content (AvgIpc) is 2.64. The zero-order chi connectivity index (χ0) is 18.4. The molecule has 138 valence electrons. The summed E-state index contributed by atoms with van der Waals surface area (Å²) >= 11 is 11.5. The highest BCUT2D eigenvalue weighted by Gasteiger charge is 2.23. The second kappa shape index (κ2) is 9.33. The molecule has 2 aromatic rings. The standard InChI is InChI=1S/C20H24ClN3OS/c1-15-7-8-17(11-19(15)21)23-20(26)22-12-18-14-24(9-10-25-18)13-16-5-3-2-4-6-16/h2-8,11,18H,9-10,12-14H2,1H3,(H2,22,23,26)/p+1/t18-/m1/s1. The summed E-state index contributed by atoms with van der Waals surface area (Å²) in [5, 5.41) is 7.75. The number of hydrogen-bond donors (Lipinski definition) is 3. The Morgan fingerprint density at radius 1 is 1.27 bits per heavy atom. The Morgan fingerprint density at radius 3 is 2.85 bits per heavy atom. The lowest BCUT2D eigenvalue weighted by Gasteiger charge is -2.30. The second-order valence-electron chi connectivity index (χ2n) is 6.66. The van der Waals surface area contributed by atoms with Crippen LogP contribution >= 0.6 is 23.8 Å². The second-order valence-corrected chi connectivity index (χ2v) is 7.47. The molecule has 1 aliphatic heterocycles. The van der Waals surface area contributed by atoms with E-state index in [4.69, 9.17) is 28.6 Å². The summed E-state index contributed by atoms with van der Waals surface area (Å²) in [6.07, 6.45) is 0.156. The van der Waals surface area contributed by atoms with E-state index in [1.54, 1.807) is 4.90 Å². The van der Waals surface area contributed by atoms with Crippen LogP contribution < -0.4 is 15.5 Å². The highest BCUT2D eigenvalue weighted by Crippen LogP contribution is 2.19. The van der Waals surface area contributed by atoms with Crippen LogP contribution in [-0.2, 0) is 11.3 Å². The van der Waals surface area contributed by atoms with Crippen LogP contribution in [0.15, 0.2) is 48.5 Å². The molecule has 0 radical (unpaired) electrons. The maximum atomic E-state index is 6.15. The molecule has 0 aliphatic carbocycles. The van der Waals surface area contributed by atoms with Crippen LogP contribution in [0.2, 0.25) is 5.02 Å². The number of rotatable bonds is 5. The summed E-state index contributed by atoms with van der Waals surface area (Å²) in [6, 6.07) is 16.4. The van der Waals surface area contributed by atoms with Crippen molar-refractivity contribution in [3.8, 4) is 0 Å². The van der Waals surface area contributed by atoms with Gasteiger partial charge in [0.15, 0.2) is 5.11 Å². The van der Waals surface area contributed by atoms with Crippen molar-refractivity contribution in [1.29, 1.82) is 0 Å². The van der Waals surface area contributed by atoms with Gasteiger partial charge in [0.2, 0.25) is 0 Å². The summed E-state index contributed by atoms with van der Waals surface area (Å²) in [7, 11) is 0. The van der Waals surface area contributed by atoms with E-state index in [0.717, 1.165) is 42.5 Å². The summed E-state index contributed by atoms with van der Waals surface area (Å²) in [6.45, 7) is 6.50. The third kappa shape index (κ3) is 5.68. The Balaban J connectivity index is 1.44. The molecule has 1 unspecified atom stereocenters. The number of anilines is 1. The quantitative estimate of drug-likeness (QED) is 0.685. The average molecular weight is 391 g/mol. The number of benzene rings is 2. The molecule has 0 spiro atoms. The SMILES string of the molecule is Cc1ccc(NC(=S)NC[C@@H]2C[NH+](Cc3ccccc3)CCO2)cc1Cl. The van der Waals surface area contributed by atoms with Gasteiger partial charge in [0.1, 0.15) is 25.7 Å². The predicted octanol–water partition coefficient (Wildman–Crippen LogP) is 2.42. The Labute approximate surface area is 165 Å². The third-order valence-electron chi connectivity index (χ3n) is 4.54. The lowest BCUT2D eigenvalue weighted by molar-refractivity contribution is -0.925. The highest BCUT2D eigenvalue weighted by molar-refractivity contribution is 7.80. The Morgan fingerprint density at radius 2 is 2.08 bits per heavy atom. The van der Waals surface area contributed by atoms with Crippen molar-refractivity contribution in [3.05, 3.63) is 64.7 Å². The Kier molecular flexibility index (Phi) is 6.86. The molecule has 0 amide bonds. The summed E-state index contributed by atoms with van der Waals surface area (Å²) in [4.78, 5) is 1.54. The molecular formula is C20H25ClN3OS+. The van der Waals surface area contributed by atoms with E-state index in [1.165, 1.54) is 5.56 Å². The monoisotopic (exact) mass is 390 g/mol. The largest absolute Gasteiger partial charge is 0.365 e. The summed E-state index contributed by atoms with van der Waals surface area (Å²) in [5.74, 6) is 0. The van der Waals surface area contributed by atoms with Crippen LogP contribution in [-0.4, -0.2) is 37.5 Å². The molecule has 1 saturated heterocycles. The highest BCUT2D eigenvalue weighted by atomic mass is 35.5. The van der Waals surface area contributed by atoms with Crippen LogP contribution in [0.5, 0.6) is 0 Å². The molecule has 0 bridgehead atoms. The minimum atomic E-state index is 0.156. The van der Waals surface area contributed by atoms with Gasteiger partial charge >= 0.3 is 0 Å². The van der Waals surface area contributed by atoms with Crippen LogP contribution in [0.4, 0.5) is 5.69 Å². The van der Waals surface area contributed by atoms with E-state index in [2.05, 4.69) is 41.0 Å². The molecule has 26 heavy (non-hydrogen) atoms. The summed E-state index contributed by atoms with van der Waals surface area (Å²) < 4.78 is 5.89. The molecule has 3 N–H and O–H groups in total. The predicted molar refractivity (Wildman–Crippen MR) is 111 cm³/mol. The molecule has 4 nitrogen and oxygen atoms in total. The van der Waals surface area contributed by atoms with E-state index in [1.807, 2.05) is 25.1 Å². The van der Waals surface area contributed by atoms with Gasteiger partial charge in [-0.2, -0.15) is 0 Å². The van der Waals surface area contributed by atoms with Gasteiger partial charge in [0, 0.05) is 22.8 Å². The van der Waals surface area contributed by atoms with Crippen molar-refractivity contribution >= 4 is 34.6 Å². The lowest BCUT2D eigenvalue weighted by Crippen LogP contribution is -3.13. The molecule has 1 fully saturated rings. The van der Waals surface area contributed by atoms with Crippen molar-refractivity contribution in [2.75, 3.05) is 31.6 Å². The molecule has 1 heterocycles. The number of thiocarbonyl (C=S) groups is 1. The van der Waals surface area contributed by atoms with Gasteiger partial charge in [-0.25, -0.2) is 0 Å².